The van der Waals surface area contributed by atoms with Gasteiger partial charge in [-0.2, -0.15) is 0 Å². The van der Waals surface area contributed by atoms with E-state index in [1.807, 2.05) is 13.8 Å². The molecule has 2 saturated heterocycles. The molecule has 0 aromatic rings. The molecule has 4 heteroatoms. The molecule has 2 aliphatic carbocycles. The fraction of sp³-hybridized carbons (Fsp3) is 0.857. The lowest BCUT2D eigenvalue weighted by Gasteiger charge is -2.24. The van der Waals surface area contributed by atoms with Crippen molar-refractivity contribution in [2.45, 2.75) is 106 Å². The predicted octanol–water partition coefficient (Wildman–Crippen LogP) is 7.54. The van der Waals surface area contributed by atoms with E-state index in [4.69, 9.17) is 18.9 Å². The highest BCUT2D eigenvalue weighted by atomic mass is 16.7. The van der Waals surface area contributed by atoms with Crippen molar-refractivity contribution in [2.24, 2.45) is 23.7 Å². The molecule has 4 rings (SSSR count). The molecule has 0 amide bonds. The van der Waals surface area contributed by atoms with Gasteiger partial charge in [-0.25, -0.2) is 0 Å². The number of hydrogen-bond acceptors (Lipinski definition) is 4. The van der Waals surface area contributed by atoms with Crippen molar-refractivity contribution in [1.82, 2.24) is 0 Å². The predicted molar refractivity (Wildman–Crippen MR) is 135 cm³/mol. The third-order valence-corrected chi connectivity index (χ3v) is 6.26. The average Bonchev–Trinajstić information content (AvgIpc) is 2.78. The van der Waals surface area contributed by atoms with Crippen LogP contribution in [0.2, 0.25) is 0 Å². The molecule has 2 atom stereocenters. The van der Waals surface area contributed by atoms with E-state index in [0.717, 1.165) is 38.3 Å². The van der Waals surface area contributed by atoms with Gasteiger partial charge in [-0.05, 0) is 78.1 Å². The molecule has 0 bridgehead atoms. The Morgan fingerprint density at radius 3 is 1.03 bits per heavy atom. The van der Waals surface area contributed by atoms with E-state index in [1.54, 1.807) is 11.1 Å². The standard InChI is InChI=1S/2C8H14.2C6H12O2/c2*1-7-3-5-8(2)6-4-7;2*1-5-3-7-6(2)8-4-5/h2*3,8H,4-6H2,1-2H3;2*5-6H,3-4H2,1-2H3. The Balaban J connectivity index is 0.000000213. The van der Waals surface area contributed by atoms with Gasteiger partial charge in [0, 0.05) is 11.8 Å². The molecule has 0 aromatic carbocycles. The van der Waals surface area contributed by atoms with Crippen LogP contribution in [0.25, 0.3) is 0 Å². The molecule has 0 aromatic heterocycles. The highest BCUT2D eigenvalue weighted by Crippen LogP contribution is 2.22. The van der Waals surface area contributed by atoms with Crippen LogP contribution in [0.4, 0.5) is 0 Å². The molecule has 2 fully saturated rings. The largest absolute Gasteiger partial charge is 0.353 e. The van der Waals surface area contributed by atoms with Crippen LogP contribution < -0.4 is 0 Å². The van der Waals surface area contributed by atoms with Crippen molar-refractivity contribution < 1.29 is 18.9 Å². The molecule has 4 aliphatic rings. The van der Waals surface area contributed by atoms with Crippen LogP contribution in [0.3, 0.4) is 0 Å². The summed E-state index contributed by atoms with van der Waals surface area (Å²) in [7, 11) is 0. The Labute approximate surface area is 199 Å². The maximum atomic E-state index is 5.17. The Kier molecular flexibility index (Phi) is 15.5. The van der Waals surface area contributed by atoms with Crippen LogP contribution >= 0.6 is 0 Å². The Morgan fingerprint density at radius 1 is 0.531 bits per heavy atom. The first kappa shape index (κ1) is 29.4. The van der Waals surface area contributed by atoms with Gasteiger partial charge in [-0.3, -0.25) is 0 Å². The molecule has 2 aliphatic heterocycles. The zero-order valence-electron chi connectivity index (χ0n) is 22.3. The maximum Gasteiger partial charge on any atom is 0.154 e. The van der Waals surface area contributed by atoms with Crippen LogP contribution in [0.15, 0.2) is 23.3 Å². The molecule has 4 nitrogen and oxygen atoms in total. The SMILES string of the molecule is CC1=CCC(C)CC1.CC1=CCC(C)CC1.CC1COC(C)OC1.CC1COC(C)OC1. The minimum atomic E-state index is 0.0196. The van der Waals surface area contributed by atoms with Crippen LogP contribution in [0.5, 0.6) is 0 Å². The van der Waals surface area contributed by atoms with E-state index in [1.165, 1.54) is 38.5 Å². The first-order valence-electron chi connectivity index (χ1n) is 12.9. The van der Waals surface area contributed by atoms with Crippen molar-refractivity contribution in [2.75, 3.05) is 26.4 Å². The van der Waals surface area contributed by atoms with Gasteiger partial charge in [0.15, 0.2) is 12.6 Å². The molecule has 0 N–H and O–H groups in total. The van der Waals surface area contributed by atoms with Gasteiger partial charge < -0.3 is 18.9 Å². The fourth-order valence-electron chi connectivity index (χ4n) is 3.58. The van der Waals surface area contributed by atoms with Gasteiger partial charge in [0.2, 0.25) is 0 Å². The van der Waals surface area contributed by atoms with Crippen molar-refractivity contribution in [3.05, 3.63) is 23.3 Å². The summed E-state index contributed by atoms with van der Waals surface area (Å²) in [5.41, 5.74) is 3.17. The topological polar surface area (TPSA) is 36.9 Å². The van der Waals surface area contributed by atoms with Crippen molar-refractivity contribution in [3.8, 4) is 0 Å². The molecular weight excluding hydrogens is 400 g/mol. The summed E-state index contributed by atoms with van der Waals surface area (Å²) < 4.78 is 20.7. The lowest BCUT2D eigenvalue weighted by atomic mass is 9.92. The van der Waals surface area contributed by atoms with Gasteiger partial charge in [0.1, 0.15) is 0 Å². The summed E-state index contributed by atoms with van der Waals surface area (Å²) in [5.74, 6) is 3.04. The van der Waals surface area contributed by atoms with E-state index in [9.17, 15) is 0 Å². The van der Waals surface area contributed by atoms with Gasteiger partial charge in [0.05, 0.1) is 26.4 Å². The van der Waals surface area contributed by atoms with Gasteiger partial charge in [-0.1, -0.05) is 51.0 Å². The van der Waals surface area contributed by atoms with Crippen LogP contribution in [-0.4, -0.2) is 39.0 Å². The second-order valence-electron chi connectivity index (χ2n) is 10.5. The van der Waals surface area contributed by atoms with Crippen LogP contribution in [0.1, 0.15) is 93.9 Å². The van der Waals surface area contributed by atoms with Gasteiger partial charge >= 0.3 is 0 Å². The number of ether oxygens (including phenoxy) is 4. The third-order valence-electron chi connectivity index (χ3n) is 6.26. The van der Waals surface area contributed by atoms with Crippen molar-refractivity contribution in [3.63, 3.8) is 0 Å². The molecule has 2 heterocycles. The second-order valence-corrected chi connectivity index (χ2v) is 10.5. The van der Waals surface area contributed by atoms with Crippen molar-refractivity contribution in [1.29, 1.82) is 0 Å². The maximum absolute atomic E-state index is 5.17. The summed E-state index contributed by atoms with van der Waals surface area (Å²) in [6, 6.07) is 0. The molecule has 0 spiro atoms. The lowest BCUT2D eigenvalue weighted by molar-refractivity contribution is -0.187. The zero-order valence-corrected chi connectivity index (χ0v) is 22.3. The number of rotatable bonds is 0. The number of hydrogen-bond donors (Lipinski definition) is 0. The van der Waals surface area contributed by atoms with E-state index >= 15 is 0 Å². The quantitative estimate of drug-likeness (QED) is 0.356. The highest BCUT2D eigenvalue weighted by Gasteiger charge is 2.14. The summed E-state index contributed by atoms with van der Waals surface area (Å²) in [5, 5.41) is 0. The Morgan fingerprint density at radius 2 is 0.844 bits per heavy atom. The monoisotopic (exact) mass is 452 g/mol. The van der Waals surface area contributed by atoms with Crippen LogP contribution in [0, 0.1) is 23.7 Å². The summed E-state index contributed by atoms with van der Waals surface area (Å²) >= 11 is 0. The number of allylic oxidation sites excluding steroid dienone is 4. The second kappa shape index (κ2) is 16.9. The minimum Gasteiger partial charge on any atom is -0.353 e. The zero-order chi connectivity index (χ0) is 23.9. The Hall–Kier alpha value is -0.680. The lowest BCUT2D eigenvalue weighted by Crippen LogP contribution is -2.27. The highest BCUT2D eigenvalue weighted by molar-refractivity contribution is 5.02. The molecule has 188 valence electrons. The molecular formula is C28H52O4. The van der Waals surface area contributed by atoms with E-state index in [-0.39, 0.29) is 12.6 Å². The molecule has 32 heavy (non-hydrogen) atoms. The van der Waals surface area contributed by atoms with E-state index in [0.29, 0.717) is 11.8 Å². The molecule has 2 unspecified atom stereocenters. The first-order chi connectivity index (χ1) is 15.2. The molecule has 0 radical (unpaired) electrons. The van der Waals surface area contributed by atoms with Gasteiger partial charge in [0.25, 0.3) is 0 Å². The minimum absolute atomic E-state index is 0.0196. The third kappa shape index (κ3) is 15.2. The van der Waals surface area contributed by atoms with Gasteiger partial charge in [-0.15, -0.1) is 0 Å². The summed E-state index contributed by atoms with van der Waals surface area (Å²) in [6.07, 6.45) is 12.9. The van der Waals surface area contributed by atoms with Crippen LogP contribution in [-0.2, 0) is 18.9 Å². The fourth-order valence-corrected chi connectivity index (χ4v) is 3.58. The van der Waals surface area contributed by atoms with Crippen molar-refractivity contribution >= 4 is 0 Å². The van der Waals surface area contributed by atoms with E-state index < -0.39 is 0 Å². The Bertz CT molecular complexity index is 458. The summed E-state index contributed by atoms with van der Waals surface area (Å²) in [6.45, 7) is 20.6. The van der Waals surface area contributed by atoms with E-state index in [2.05, 4.69) is 53.7 Å². The summed E-state index contributed by atoms with van der Waals surface area (Å²) in [4.78, 5) is 0. The molecule has 0 saturated carbocycles. The smallest absolute Gasteiger partial charge is 0.154 e. The average molecular weight is 453 g/mol. The first-order valence-corrected chi connectivity index (χ1v) is 12.9. The normalized spacial score (nSPS) is 34.8.